The molecule has 0 aliphatic carbocycles. The molecule has 0 aromatic heterocycles. The van der Waals surface area contributed by atoms with E-state index in [1.807, 2.05) is 24.0 Å². The van der Waals surface area contributed by atoms with Crippen LogP contribution in [0, 0.1) is 0 Å². The van der Waals surface area contributed by atoms with E-state index < -0.39 is 0 Å². The molecular weight excluding hydrogens is 289 g/mol. The second-order valence-electron chi connectivity index (χ2n) is 4.20. The zero-order valence-corrected chi connectivity index (χ0v) is 12.5. The molecule has 0 bridgehead atoms. The third-order valence-electron chi connectivity index (χ3n) is 2.92. The maximum atomic E-state index is 12.1. The second-order valence-corrected chi connectivity index (χ2v) is 6.18. The van der Waals surface area contributed by atoms with Crippen LogP contribution in [0.5, 0.6) is 0 Å². The largest absolute Gasteiger partial charge is 0.326 e. The van der Waals surface area contributed by atoms with E-state index in [0.717, 1.165) is 24.3 Å². The highest BCUT2D eigenvalue weighted by molar-refractivity contribution is 7.99. The predicted octanol–water partition coefficient (Wildman–Crippen LogP) is 4.37. The van der Waals surface area contributed by atoms with Gasteiger partial charge in [-0.25, -0.2) is 0 Å². The van der Waals surface area contributed by atoms with Gasteiger partial charge in [0.05, 0.1) is 10.0 Å². The molecule has 0 spiro atoms. The van der Waals surface area contributed by atoms with Crippen LogP contribution in [0.1, 0.15) is 30.7 Å². The summed E-state index contributed by atoms with van der Waals surface area (Å²) in [6, 6.07) is 5.60. The number of carbonyl (C=O) groups excluding carboxylic acids is 1. The van der Waals surface area contributed by atoms with Gasteiger partial charge in [-0.15, -0.1) is 11.8 Å². The lowest BCUT2D eigenvalue weighted by Crippen LogP contribution is -2.30. The molecule has 2 rings (SSSR count). The first-order valence-corrected chi connectivity index (χ1v) is 7.80. The van der Waals surface area contributed by atoms with Crippen LogP contribution >= 0.6 is 35.0 Å². The van der Waals surface area contributed by atoms with E-state index in [9.17, 15) is 4.79 Å². The molecule has 1 aliphatic rings. The summed E-state index contributed by atoms with van der Waals surface area (Å²) in [4.78, 5) is 14.0. The Kier molecular flexibility index (Phi) is 4.82. The van der Waals surface area contributed by atoms with Crippen molar-refractivity contribution in [1.82, 2.24) is 4.90 Å². The van der Waals surface area contributed by atoms with Crippen molar-refractivity contribution < 1.29 is 4.79 Å². The van der Waals surface area contributed by atoms with Crippen LogP contribution in [0.3, 0.4) is 0 Å². The quantitative estimate of drug-likeness (QED) is 0.826. The van der Waals surface area contributed by atoms with Crippen molar-refractivity contribution >= 4 is 40.9 Å². The number of amides is 1. The van der Waals surface area contributed by atoms with Gasteiger partial charge in [-0.05, 0) is 12.5 Å². The summed E-state index contributed by atoms with van der Waals surface area (Å²) < 4.78 is 0. The fraction of sp³-hybridized carbons (Fsp3) is 0.462. The Balaban J connectivity index is 2.26. The van der Waals surface area contributed by atoms with Gasteiger partial charge in [0.15, 0.2) is 0 Å². The minimum Gasteiger partial charge on any atom is -0.326 e. The monoisotopic (exact) mass is 303 g/mol. The number of hydrogen-bond acceptors (Lipinski definition) is 2. The molecule has 98 valence electrons. The highest BCUT2D eigenvalue weighted by Crippen LogP contribution is 2.42. The van der Waals surface area contributed by atoms with Crippen molar-refractivity contribution in [2.24, 2.45) is 0 Å². The second kappa shape index (κ2) is 6.18. The van der Waals surface area contributed by atoms with Crippen LogP contribution in [-0.4, -0.2) is 23.1 Å². The number of thioether (sulfide) groups is 1. The molecule has 1 aromatic carbocycles. The lowest BCUT2D eigenvalue weighted by atomic mass is 10.2. The highest BCUT2D eigenvalue weighted by Gasteiger charge is 2.31. The van der Waals surface area contributed by atoms with Gasteiger partial charge >= 0.3 is 0 Å². The molecule has 0 saturated carbocycles. The molecule has 1 aliphatic heterocycles. The minimum absolute atomic E-state index is 0.00949. The van der Waals surface area contributed by atoms with Gasteiger partial charge in [-0.2, -0.15) is 0 Å². The number of carbonyl (C=O) groups is 1. The van der Waals surface area contributed by atoms with Crippen LogP contribution in [0.4, 0.5) is 0 Å². The van der Waals surface area contributed by atoms with Crippen LogP contribution in [0.2, 0.25) is 10.0 Å². The fourth-order valence-electron chi connectivity index (χ4n) is 2.05. The zero-order valence-electron chi connectivity index (χ0n) is 10.2. The van der Waals surface area contributed by atoms with E-state index >= 15 is 0 Å². The third kappa shape index (κ3) is 2.79. The molecule has 1 fully saturated rings. The van der Waals surface area contributed by atoms with E-state index in [0.29, 0.717) is 16.5 Å². The first kappa shape index (κ1) is 14.0. The Bertz CT molecular complexity index is 453. The van der Waals surface area contributed by atoms with E-state index in [-0.39, 0.29) is 11.3 Å². The summed E-state index contributed by atoms with van der Waals surface area (Å²) in [5, 5.41) is 1.12. The molecule has 0 N–H and O–H groups in total. The molecule has 18 heavy (non-hydrogen) atoms. The van der Waals surface area contributed by atoms with Gasteiger partial charge in [-0.1, -0.05) is 42.3 Å². The van der Waals surface area contributed by atoms with Crippen molar-refractivity contribution in [2.45, 2.75) is 25.1 Å². The van der Waals surface area contributed by atoms with E-state index in [1.165, 1.54) is 0 Å². The van der Waals surface area contributed by atoms with Crippen LogP contribution in [-0.2, 0) is 4.79 Å². The topological polar surface area (TPSA) is 20.3 Å². The molecule has 0 radical (unpaired) electrons. The van der Waals surface area contributed by atoms with E-state index in [2.05, 4.69) is 0 Å². The molecule has 1 amide bonds. The maximum absolute atomic E-state index is 12.1. The number of hydrogen-bond donors (Lipinski definition) is 0. The Labute approximate surface area is 122 Å². The molecule has 1 atom stereocenters. The summed E-state index contributed by atoms with van der Waals surface area (Å²) in [6.07, 6.45) is 1.46. The fourth-order valence-corrected chi connectivity index (χ4v) is 3.83. The SMILES string of the molecule is CCCC(=O)N1CCS[C@H]1c1cccc(Cl)c1Cl. The van der Waals surface area contributed by atoms with Gasteiger partial charge in [-0.3, -0.25) is 4.79 Å². The molecule has 2 nitrogen and oxygen atoms in total. The molecule has 5 heteroatoms. The summed E-state index contributed by atoms with van der Waals surface area (Å²) >= 11 is 14.0. The standard InChI is InChI=1S/C13H15Cl2NOS/c1-2-4-11(17)16-7-8-18-13(16)9-5-3-6-10(14)12(9)15/h3,5-6,13H,2,4,7-8H2,1H3/t13-/m0/s1. The Morgan fingerprint density at radius 2 is 2.28 bits per heavy atom. The average molecular weight is 304 g/mol. The zero-order chi connectivity index (χ0) is 13.1. The van der Waals surface area contributed by atoms with Crippen LogP contribution in [0.25, 0.3) is 0 Å². The molecule has 1 saturated heterocycles. The van der Waals surface area contributed by atoms with Crippen LogP contribution in [0.15, 0.2) is 18.2 Å². The average Bonchev–Trinajstić information content (AvgIpc) is 2.82. The Hall–Kier alpha value is -0.380. The van der Waals surface area contributed by atoms with Crippen LogP contribution < -0.4 is 0 Å². The summed E-state index contributed by atoms with van der Waals surface area (Å²) in [5.74, 6) is 1.15. The van der Waals surface area contributed by atoms with E-state index in [4.69, 9.17) is 23.2 Å². The van der Waals surface area contributed by atoms with Crippen molar-refractivity contribution in [3.05, 3.63) is 33.8 Å². The number of halogens is 2. The third-order valence-corrected chi connectivity index (χ3v) is 5.00. The number of benzene rings is 1. The normalized spacial score (nSPS) is 19.3. The van der Waals surface area contributed by atoms with Gasteiger partial charge < -0.3 is 4.90 Å². The van der Waals surface area contributed by atoms with Gasteiger partial charge in [0.2, 0.25) is 5.91 Å². The Morgan fingerprint density at radius 3 is 3.00 bits per heavy atom. The summed E-state index contributed by atoms with van der Waals surface area (Å²) in [5.41, 5.74) is 0.941. The maximum Gasteiger partial charge on any atom is 0.223 e. The van der Waals surface area contributed by atoms with Crippen molar-refractivity contribution in [2.75, 3.05) is 12.3 Å². The summed E-state index contributed by atoms with van der Waals surface area (Å²) in [7, 11) is 0. The lowest BCUT2D eigenvalue weighted by Gasteiger charge is -2.25. The molecule has 0 unspecified atom stereocenters. The van der Waals surface area contributed by atoms with Gasteiger partial charge in [0.25, 0.3) is 0 Å². The van der Waals surface area contributed by atoms with E-state index in [1.54, 1.807) is 17.8 Å². The number of rotatable bonds is 3. The molecule has 1 heterocycles. The summed E-state index contributed by atoms with van der Waals surface area (Å²) in [6.45, 7) is 2.81. The Morgan fingerprint density at radius 1 is 1.50 bits per heavy atom. The minimum atomic E-state index is 0.00949. The first-order chi connectivity index (χ1) is 8.65. The predicted molar refractivity (Wildman–Crippen MR) is 78.3 cm³/mol. The van der Waals surface area contributed by atoms with Gasteiger partial charge in [0, 0.05) is 24.3 Å². The van der Waals surface area contributed by atoms with Crippen molar-refractivity contribution in [1.29, 1.82) is 0 Å². The smallest absolute Gasteiger partial charge is 0.223 e. The highest BCUT2D eigenvalue weighted by atomic mass is 35.5. The first-order valence-electron chi connectivity index (χ1n) is 6.00. The lowest BCUT2D eigenvalue weighted by molar-refractivity contribution is -0.131. The molecule has 1 aromatic rings. The number of nitrogens with zero attached hydrogens (tertiary/aromatic N) is 1. The van der Waals surface area contributed by atoms with Crippen molar-refractivity contribution in [3.63, 3.8) is 0 Å². The van der Waals surface area contributed by atoms with Gasteiger partial charge in [0.1, 0.15) is 5.37 Å². The molecular formula is C13H15Cl2NOS. The van der Waals surface area contributed by atoms with Crippen molar-refractivity contribution in [3.8, 4) is 0 Å².